The molecule has 1 aliphatic rings. The van der Waals surface area contributed by atoms with E-state index in [0.717, 1.165) is 83.0 Å². The van der Waals surface area contributed by atoms with Gasteiger partial charge < -0.3 is 47.4 Å². The average Bonchev–Trinajstić information content (AvgIpc) is 3.60. The Labute approximate surface area is 356 Å². The van der Waals surface area contributed by atoms with Crippen molar-refractivity contribution >= 4 is 57.4 Å². The van der Waals surface area contributed by atoms with Crippen LogP contribution in [0.4, 0.5) is 21.1 Å². The molecule has 2 heterocycles. The normalized spacial score (nSPS) is 13.5. The molecule has 1 aliphatic carbocycles. The molecule has 0 saturated heterocycles. The van der Waals surface area contributed by atoms with Gasteiger partial charge in [-0.05, 0) is 72.4 Å². The first-order chi connectivity index (χ1) is 29.4. The van der Waals surface area contributed by atoms with Crippen molar-refractivity contribution in [1.82, 2.24) is 30.1 Å². The van der Waals surface area contributed by atoms with E-state index in [-0.39, 0.29) is 31.2 Å². The Morgan fingerprint density at radius 1 is 0.967 bits per heavy atom. The largest absolute Gasteiger partial charge is 0.445 e. The fourth-order valence-electron chi connectivity index (χ4n) is 7.19. The van der Waals surface area contributed by atoms with Gasteiger partial charge in [-0.2, -0.15) is 0 Å². The van der Waals surface area contributed by atoms with Gasteiger partial charge in [-0.15, -0.1) is 0 Å². The van der Waals surface area contributed by atoms with Crippen molar-refractivity contribution in [3.05, 3.63) is 107 Å². The van der Waals surface area contributed by atoms with E-state index in [2.05, 4.69) is 62.8 Å². The lowest BCUT2D eigenvalue weighted by atomic mass is 9.85. The van der Waals surface area contributed by atoms with Gasteiger partial charge in [-0.25, -0.2) is 19.6 Å². The van der Waals surface area contributed by atoms with Crippen LogP contribution in [0.15, 0.2) is 84.6 Å². The lowest BCUT2D eigenvalue weighted by Crippen LogP contribution is -2.45. The number of nitrogens with zero attached hydrogens (tertiary/aromatic N) is 4. The SMILES string of the molecule is CCCCc1nc2c(N)nc3ccccc3c2n1Cc1ccc(CN(CC2CCC2)C(=O)OCc2ccc(NC(=O)/C(=C\CCNC(N)=O)NC(=O)C(N)C(C)C)cc2)cc1. The summed E-state index contributed by atoms with van der Waals surface area (Å²) in [4.78, 5) is 62.0. The maximum atomic E-state index is 13.6. The number of primary amides is 1. The Bertz CT molecular complexity index is 2350. The number of nitrogens with one attached hydrogen (secondary N) is 3. The maximum absolute atomic E-state index is 13.6. The van der Waals surface area contributed by atoms with Crippen LogP contribution in [0.25, 0.3) is 21.9 Å². The quantitative estimate of drug-likeness (QED) is 0.0395. The molecule has 1 unspecified atom stereocenters. The van der Waals surface area contributed by atoms with Gasteiger partial charge in [0.15, 0.2) is 5.82 Å². The van der Waals surface area contributed by atoms with Gasteiger partial charge >= 0.3 is 12.1 Å². The van der Waals surface area contributed by atoms with E-state index in [1.54, 1.807) is 43.0 Å². The monoisotopic (exact) mass is 830 g/mol. The molecule has 9 N–H and O–H groups in total. The molecular weight excluding hydrogens is 773 g/mol. The number of benzene rings is 3. The summed E-state index contributed by atoms with van der Waals surface area (Å²) < 4.78 is 8.11. The molecule has 15 nitrogen and oxygen atoms in total. The Balaban J connectivity index is 1.09. The minimum atomic E-state index is -0.823. The molecule has 5 amide bonds. The predicted octanol–water partition coefficient (Wildman–Crippen LogP) is 6.48. The number of anilines is 2. The van der Waals surface area contributed by atoms with Crippen molar-refractivity contribution in [1.29, 1.82) is 0 Å². The molecule has 322 valence electrons. The van der Waals surface area contributed by atoms with Crippen LogP contribution in [-0.4, -0.2) is 62.5 Å². The van der Waals surface area contributed by atoms with E-state index < -0.39 is 30.0 Å². The number of pyridine rings is 1. The van der Waals surface area contributed by atoms with Gasteiger partial charge in [0.2, 0.25) is 5.91 Å². The number of hydrogen-bond donors (Lipinski definition) is 6. The number of nitrogen functional groups attached to an aromatic ring is 1. The molecule has 1 saturated carbocycles. The van der Waals surface area contributed by atoms with Crippen LogP contribution in [0.3, 0.4) is 0 Å². The van der Waals surface area contributed by atoms with Crippen LogP contribution in [0.2, 0.25) is 0 Å². The molecule has 0 spiro atoms. The van der Waals surface area contributed by atoms with Crippen molar-refractivity contribution < 1.29 is 23.9 Å². The highest BCUT2D eigenvalue weighted by atomic mass is 16.6. The summed E-state index contributed by atoms with van der Waals surface area (Å²) in [5, 5.41) is 8.85. The molecule has 1 atom stereocenters. The molecule has 5 aromatic rings. The Hall–Kier alpha value is -6.48. The first-order valence-electron chi connectivity index (χ1n) is 21.1. The first-order valence-corrected chi connectivity index (χ1v) is 21.1. The third-order valence-corrected chi connectivity index (χ3v) is 11.0. The van der Waals surface area contributed by atoms with Crippen LogP contribution in [-0.2, 0) is 40.4 Å². The topological polar surface area (TPSA) is 226 Å². The summed E-state index contributed by atoms with van der Waals surface area (Å²) in [6, 6.07) is 21.8. The third kappa shape index (κ3) is 11.6. The van der Waals surface area contributed by atoms with Crippen LogP contribution in [0.5, 0.6) is 0 Å². The number of carbonyl (C=O) groups is 4. The van der Waals surface area contributed by atoms with Gasteiger partial charge in [-0.3, -0.25) is 9.59 Å². The Morgan fingerprint density at radius 2 is 1.67 bits per heavy atom. The van der Waals surface area contributed by atoms with E-state index in [4.69, 9.17) is 26.9 Å². The third-order valence-electron chi connectivity index (χ3n) is 11.0. The summed E-state index contributed by atoms with van der Waals surface area (Å²) in [6.45, 7) is 7.65. The molecule has 3 aromatic carbocycles. The second-order valence-corrected chi connectivity index (χ2v) is 16.1. The van der Waals surface area contributed by atoms with Crippen molar-refractivity contribution in [3.8, 4) is 0 Å². The van der Waals surface area contributed by atoms with Gasteiger partial charge in [0, 0.05) is 43.7 Å². The molecule has 0 aliphatic heterocycles. The molecule has 0 bridgehead atoms. The van der Waals surface area contributed by atoms with Crippen LogP contribution in [0, 0.1) is 11.8 Å². The van der Waals surface area contributed by atoms with E-state index in [1.165, 1.54) is 6.08 Å². The number of ether oxygens (including phenoxy) is 1. The van der Waals surface area contributed by atoms with E-state index in [1.807, 2.05) is 18.2 Å². The summed E-state index contributed by atoms with van der Waals surface area (Å²) >= 11 is 0. The molecule has 2 aromatic heterocycles. The summed E-state index contributed by atoms with van der Waals surface area (Å²) in [6.07, 6.45) is 7.57. The minimum absolute atomic E-state index is 0.00736. The van der Waals surface area contributed by atoms with Gasteiger partial charge in [0.05, 0.1) is 17.1 Å². The number of fused-ring (bicyclic) bond motifs is 3. The van der Waals surface area contributed by atoms with E-state index in [0.29, 0.717) is 37.1 Å². The molecule has 15 heteroatoms. The summed E-state index contributed by atoms with van der Waals surface area (Å²) in [7, 11) is 0. The summed E-state index contributed by atoms with van der Waals surface area (Å²) in [5.74, 6) is 0.640. The Morgan fingerprint density at radius 3 is 2.34 bits per heavy atom. The molecule has 1 fully saturated rings. The lowest BCUT2D eigenvalue weighted by molar-refractivity contribution is -0.124. The lowest BCUT2D eigenvalue weighted by Gasteiger charge is -2.32. The number of nitrogens with two attached hydrogens (primary N) is 3. The fraction of sp³-hybridized carbons (Fsp3) is 0.391. The second kappa shape index (κ2) is 20.7. The number of amides is 5. The smallest absolute Gasteiger partial charge is 0.410 e. The number of imidazole rings is 1. The molecular formula is C46H58N10O5. The number of unbranched alkanes of at least 4 members (excludes halogenated alkanes) is 1. The van der Waals surface area contributed by atoms with Crippen molar-refractivity contribution in [2.75, 3.05) is 24.1 Å². The van der Waals surface area contributed by atoms with Gasteiger partial charge in [0.25, 0.3) is 5.91 Å². The molecule has 0 radical (unpaired) electrons. The van der Waals surface area contributed by atoms with Crippen LogP contribution >= 0.6 is 0 Å². The molecule has 6 rings (SSSR count). The predicted molar refractivity (Wildman–Crippen MR) is 238 cm³/mol. The highest BCUT2D eigenvalue weighted by molar-refractivity contribution is 6.07. The number of aromatic nitrogens is 3. The highest BCUT2D eigenvalue weighted by Gasteiger charge is 2.26. The van der Waals surface area contributed by atoms with Crippen LogP contribution in [0.1, 0.15) is 81.8 Å². The highest BCUT2D eigenvalue weighted by Crippen LogP contribution is 2.31. The van der Waals surface area contributed by atoms with E-state index >= 15 is 0 Å². The first kappa shape index (κ1) is 44.1. The zero-order valence-corrected chi connectivity index (χ0v) is 35.3. The van der Waals surface area contributed by atoms with Crippen LogP contribution < -0.4 is 33.2 Å². The number of urea groups is 1. The van der Waals surface area contributed by atoms with Crippen molar-refractivity contribution in [2.24, 2.45) is 23.3 Å². The summed E-state index contributed by atoms with van der Waals surface area (Å²) in [5.41, 5.74) is 23.4. The fourth-order valence-corrected chi connectivity index (χ4v) is 7.19. The Kier molecular flexibility index (Phi) is 14.9. The average molecular weight is 831 g/mol. The second-order valence-electron chi connectivity index (χ2n) is 16.1. The number of rotatable bonds is 19. The number of carbonyl (C=O) groups excluding carboxylic acids is 4. The number of hydrogen-bond acceptors (Lipinski definition) is 9. The van der Waals surface area contributed by atoms with E-state index in [9.17, 15) is 19.2 Å². The van der Waals surface area contributed by atoms with Gasteiger partial charge in [-0.1, -0.05) is 94.3 Å². The van der Waals surface area contributed by atoms with Gasteiger partial charge in [0.1, 0.15) is 23.6 Å². The number of para-hydroxylation sites is 1. The number of aryl methyl sites for hydroxylation is 1. The molecule has 61 heavy (non-hydrogen) atoms. The zero-order chi connectivity index (χ0) is 43.5. The minimum Gasteiger partial charge on any atom is -0.445 e. The standard InChI is InChI=1S/C46H58N10O5/c1-4-5-15-38-54-40-41(35-12-6-7-13-36(35)52-42(40)48)56(38)27-32-18-16-31(17-19-32)26-55(25-30-10-8-11-30)46(60)61-28-33-20-22-34(23-21-33)51-43(57)37(14-9-24-50-45(49)59)53-44(58)39(47)29(2)3/h6-7,12-14,16-23,29-30,39H,4-5,8-11,15,24-28,47H2,1-3H3,(H2,48,52)(H,51,57)(H,53,58)(H3,49,50,59)/b37-14+. The van der Waals surface area contributed by atoms with Crippen molar-refractivity contribution in [3.63, 3.8) is 0 Å². The van der Waals surface area contributed by atoms with Crippen molar-refractivity contribution in [2.45, 2.75) is 91.5 Å². The zero-order valence-electron chi connectivity index (χ0n) is 35.3. The maximum Gasteiger partial charge on any atom is 0.410 e.